The number of nitrogens with zero attached hydrogens (tertiary/aromatic N) is 1. The molecule has 0 bridgehead atoms. The van der Waals surface area contributed by atoms with Crippen molar-refractivity contribution in [1.82, 2.24) is 0 Å². The topological polar surface area (TPSA) is 16.4 Å². The van der Waals surface area contributed by atoms with Gasteiger partial charge in [0.2, 0.25) is 0 Å². The highest BCUT2D eigenvalue weighted by Gasteiger charge is 2.42. The van der Waals surface area contributed by atoms with E-state index in [1.807, 2.05) is 6.07 Å². The second kappa shape index (κ2) is 8.72. The van der Waals surface area contributed by atoms with E-state index < -0.39 is 5.41 Å². The lowest BCUT2D eigenvalue weighted by Crippen LogP contribution is -2.23. The first kappa shape index (κ1) is 22.9. The molecule has 1 aliphatic rings. The lowest BCUT2D eigenvalue weighted by Gasteiger charge is -2.31. The third kappa shape index (κ3) is 3.23. The highest BCUT2D eigenvalue weighted by Crippen LogP contribution is 2.55. The van der Waals surface area contributed by atoms with Gasteiger partial charge in [-0.25, -0.2) is 0 Å². The zero-order valence-electron chi connectivity index (χ0n) is 22.2. The van der Waals surface area contributed by atoms with E-state index in [9.17, 15) is 0 Å². The van der Waals surface area contributed by atoms with Crippen molar-refractivity contribution in [1.29, 1.82) is 0 Å². The molecule has 0 fully saturated rings. The normalized spacial score (nSPS) is 13.3. The predicted molar refractivity (Wildman–Crippen MR) is 166 cm³/mol. The van der Waals surface area contributed by atoms with Crippen LogP contribution in [0, 0.1) is 0 Å². The molecule has 0 atom stereocenters. The first-order valence-electron chi connectivity index (χ1n) is 13.8. The van der Waals surface area contributed by atoms with E-state index in [-0.39, 0.29) is 0 Å². The van der Waals surface area contributed by atoms with E-state index in [1.54, 1.807) is 0 Å². The fourth-order valence-electron chi connectivity index (χ4n) is 6.66. The smallest absolute Gasteiger partial charge is 0.140 e. The Balaban J connectivity index is 1.50. The highest BCUT2D eigenvalue weighted by atomic mass is 16.3. The molecule has 0 aliphatic heterocycles. The third-order valence-corrected chi connectivity index (χ3v) is 8.51. The van der Waals surface area contributed by atoms with Crippen LogP contribution in [-0.4, -0.2) is 0 Å². The van der Waals surface area contributed by atoms with E-state index >= 15 is 0 Å². The Hall–Kier alpha value is -5.08. The van der Waals surface area contributed by atoms with Crippen LogP contribution in [0.3, 0.4) is 0 Å². The second-order valence-corrected chi connectivity index (χ2v) is 10.7. The van der Waals surface area contributed by atoms with Gasteiger partial charge < -0.3 is 9.32 Å². The Morgan fingerprint density at radius 1 is 0.475 bits per heavy atom. The second-order valence-electron chi connectivity index (χ2n) is 10.7. The lowest BCUT2D eigenvalue weighted by molar-refractivity contribution is 0.638. The van der Waals surface area contributed by atoms with Gasteiger partial charge in [-0.05, 0) is 71.6 Å². The van der Waals surface area contributed by atoms with Gasteiger partial charge >= 0.3 is 0 Å². The monoisotopic (exact) mass is 513 g/mol. The van der Waals surface area contributed by atoms with Gasteiger partial charge in [-0.2, -0.15) is 0 Å². The predicted octanol–water partition coefficient (Wildman–Crippen LogP) is 10.4. The average Bonchev–Trinajstić information content (AvgIpc) is 3.52. The van der Waals surface area contributed by atoms with Crippen LogP contribution in [0.4, 0.5) is 17.1 Å². The zero-order chi connectivity index (χ0) is 26.7. The average molecular weight is 514 g/mol. The van der Waals surface area contributed by atoms with Crippen LogP contribution in [-0.2, 0) is 5.41 Å². The Labute approximate surface area is 233 Å². The summed E-state index contributed by atoms with van der Waals surface area (Å²) in [5, 5.41) is 2.26. The molecular formula is C38H27NO. The molecule has 0 amide bonds. The minimum absolute atomic E-state index is 0.394. The molecule has 0 unspecified atom stereocenters. The quantitative estimate of drug-likeness (QED) is 0.233. The molecule has 2 nitrogen and oxygen atoms in total. The summed E-state index contributed by atoms with van der Waals surface area (Å²) in [5.41, 5.74) is 11.2. The van der Waals surface area contributed by atoms with Gasteiger partial charge in [-0.15, -0.1) is 0 Å². The molecule has 0 radical (unpaired) electrons. The van der Waals surface area contributed by atoms with Gasteiger partial charge in [0, 0.05) is 38.8 Å². The Bertz CT molecular complexity index is 1940. The van der Waals surface area contributed by atoms with Crippen molar-refractivity contribution < 1.29 is 4.42 Å². The van der Waals surface area contributed by atoms with Crippen LogP contribution in [0.25, 0.3) is 33.1 Å². The minimum Gasteiger partial charge on any atom is -0.456 e. The number of hydrogen-bond donors (Lipinski definition) is 0. The van der Waals surface area contributed by atoms with Crippen LogP contribution in [0.2, 0.25) is 0 Å². The summed E-state index contributed by atoms with van der Waals surface area (Å²) in [6.45, 7) is 2.36. The fourth-order valence-corrected chi connectivity index (χ4v) is 6.66. The van der Waals surface area contributed by atoms with Crippen LogP contribution in [0.15, 0.2) is 150 Å². The number of para-hydroxylation sites is 3. The van der Waals surface area contributed by atoms with Crippen molar-refractivity contribution >= 4 is 39.0 Å². The van der Waals surface area contributed by atoms with E-state index in [4.69, 9.17) is 4.42 Å². The Kier molecular flexibility index (Phi) is 4.99. The third-order valence-electron chi connectivity index (χ3n) is 8.51. The molecule has 6 aromatic carbocycles. The Morgan fingerprint density at radius 3 is 1.62 bits per heavy atom. The van der Waals surface area contributed by atoms with Crippen LogP contribution in [0.5, 0.6) is 0 Å². The van der Waals surface area contributed by atoms with E-state index in [0.717, 1.165) is 39.0 Å². The van der Waals surface area contributed by atoms with E-state index in [0.29, 0.717) is 0 Å². The largest absolute Gasteiger partial charge is 0.456 e. The van der Waals surface area contributed by atoms with Gasteiger partial charge in [0.25, 0.3) is 0 Å². The molecule has 0 saturated heterocycles. The SMILES string of the molecule is CC1(c2cc(N(c3ccccc3)c3ccccc3)cc3c2oc2ccccc23)c2ccccc2-c2ccccc21. The summed E-state index contributed by atoms with van der Waals surface area (Å²) < 4.78 is 6.72. The number of furan rings is 1. The maximum absolute atomic E-state index is 6.72. The van der Waals surface area contributed by atoms with Gasteiger partial charge in [-0.1, -0.05) is 103 Å². The van der Waals surface area contributed by atoms with E-state index in [2.05, 4.69) is 151 Å². The van der Waals surface area contributed by atoms with Crippen molar-refractivity contribution in [2.45, 2.75) is 12.3 Å². The van der Waals surface area contributed by atoms with Crippen molar-refractivity contribution in [3.8, 4) is 11.1 Å². The highest BCUT2D eigenvalue weighted by molar-refractivity contribution is 6.08. The number of rotatable bonds is 4. The summed E-state index contributed by atoms with van der Waals surface area (Å²) in [5.74, 6) is 0. The molecule has 0 spiro atoms. The summed E-state index contributed by atoms with van der Waals surface area (Å²) >= 11 is 0. The van der Waals surface area contributed by atoms with Gasteiger partial charge in [-0.3, -0.25) is 0 Å². The molecule has 7 aromatic rings. The molecule has 190 valence electrons. The molecular weight excluding hydrogens is 486 g/mol. The zero-order valence-corrected chi connectivity index (χ0v) is 22.2. The summed E-state index contributed by atoms with van der Waals surface area (Å²) in [7, 11) is 0. The number of anilines is 3. The molecule has 0 N–H and O–H groups in total. The first-order valence-corrected chi connectivity index (χ1v) is 13.8. The number of benzene rings is 6. The van der Waals surface area contributed by atoms with Gasteiger partial charge in [0.05, 0.1) is 0 Å². The van der Waals surface area contributed by atoms with E-state index in [1.165, 1.54) is 27.8 Å². The van der Waals surface area contributed by atoms with Crippen LogP contribution in [0.1, 0.15) is 23.6 Å². The lowest BCUT2D eigenvalue weighted by atomic mass is 9.73. The van der Waals surface area contributed by atoms with Crippen molar-refractivity contribution in [2.24, 2.45) is 0 Å². The molecule has 0 saturated carbocycles. The Morgan fingerprint density at radius 2 is 1.00 bits per heavy atom. The maximum Gasteiger partial charge on any atom is 0.140 e. The number of fused-ring (bicyclic) bond motifs is 6. The summed E-state index contributed by atoms with van der Waals surface area (Å²) in [6, 6.07) is 51.9. The molecule has 8 rings (SSSR count). The van der Waals surface area contributed by atoms with Gasteiger partial charge in [0.1, 0.15) is 11.2 Å². The van der Waals surface area contributed by atoms with Gasteiger partial charge in [0.15, 0.2) is 0 Å². The molecule has 2 heteroatoms. The minimum atomic E-state index is -0.394. The molecule has 1 aliphatic carbocycles. The van der Waals surface area contributed by atoms with Crippen molar-refractivity contribution in [3.63, 3.8) is 0 Å². The van der Waals surface area contributed by atoms with Crippen LogP contribution >= 0.6 is 0 Å². The number of hydrogen-bond acceptors (Lipinski definition) is 2. The van der Waals surface area contributed by atoms with Crippen molar-refractivity contribution in [3.05, 3.63) is 162 Å². The standard InChI is InChI=1S/C38H27NO/c1-38(33-21-11-8-18-29(33)30-19-9-12-22-34(30)38)35-25-28(24-32-31-20-10-13-23-36(31)40-37(32)35)39(26-14-4-2-5-15-26)27-16-6-3-7-17-27/h2-25H,1H3. The molecule has 1 heterocycles. The van der Waals surface area contributed by atoms with Crippen LogP contribution < -0.4 is 4.90 Å². The van der Waals surface area contributed by atoms with Crippen molar-refractivity contribution in [2.75, 3.05) is 4.90 Å². The summed E-state index contributed by atoms with van der Waals surface area (Å²) in [6.07, 6.45) is 0. The fraction of sp³-hybridized carbons (Fsp3) is 0.0526. The maximum atomic E-state index is 6.72. The molecule has 1 aromatic heterocycles. The summed E-state index contributed by atoms with van der Waals surface area (Å²) in [4.78, 5) is 2.35. The molecule has 40 heavy (non-hydrogen) atoms. The first-order chi connectivity index (χ1) is 19.7.